The second-order valence-corrected chi connectivity index (χ2v) is 19.7. The Balaban J connectivity index is 1.30. The lowest BCUT2D eigenvalue weighted by atomic mass is 9.79. The van der Waals surface area contributed by atoms with Gasteiger partial charge in [-0.15, -0.1) is 0 Å². The molecule has 0 radical (unpaired) electrons. The molecule has 7 aromatic carbocycles. The van der Waals surface area contributed by atoms with E-state index in [9.17, 15) is 0 Å². The summed E-state index contributed by atoms with van der Waals surface area (Å²) in [7, 11) is 0. The van der Waals surface area contributed by atoms with E-state index >= 15 is 0 Å². The molecule has 0 N–H and O–H groups in total. The van der Waals surface area contributed by atoms with Crippen LogP contribution >= 0.6 is 0 Å². The highest BCUT2D eigenvalue weighted by molar-refractivity contribution is 6.03. The van der Waals surface area contributed by atoms with Crippen molar-refractivity contribution in [2.45, 2.75) is 110 Å². The highest BCUT2D eigenvalue weighted by Crippen LogP contribution is 2.53. The largest absolute Gasteiger partial charge is 0.310 e. The standard InChI is InChI=1S/C57H59N/c1-55(2,3)41-35-42(56(4,5)6)37-44(36-41)58(43-25-16-24-40(34-43)46-29-19-31-50-47-26-12-14-32-51(47)57(7,8)54(46)50)52-33-15-13-27-48(52)49-30-18-23-39-22-17-28-45(53(39)49)38-20-10-9-11-21-38/h12-19,22-38H,9-11,20-21H2,1-8H3. The van der Waals surface area contributed by atoms with Crippen molar-refractivity contribution >= 4 is 27.8 Å². The van der Waals surface area contributed by atoms with Gasteiger partial charge in [-0.2, -0.15) is 0 Å². The Morgan fingerprint density at radius 1 is 0.500 bits per heavy atom. The lowest BCUT2D eigenvalue weighted by Crippen LogP contribution is -2.19. The summed E-state index contributed by atoms with van der Waals surface area (Å²) in [6, 6.07) is 55.7. The summed E-state index contributed by atoms with van der Waals surface area (Å²) in [5, 5.41) is 2.74. The second kappa shape index (κ2) is 14.5. The predicted octanol–water partition coefficient (Wildman–Crippen LogP) is 16.6. The number of rotatable bonds is 6. The summed E-state index contributed by atoms with van der Waals surface area (Å²) in [5.74, 6) is 0.597. The van der Waals surface area contributed by atoms with E-state index in [1.54, 1.807) is 0 Å². The molecule has 2 aliphatic carbocycles. The number of fused-ring (bicyclic) bond motifs is 4. The zero-order chi connectivity index (χ0) is 40.4. The van der Waals surface area contributed by atoms with Crippen molar-refractivity contribution in [3.05, 3.63) is 173 Å². The maximum absolute atomic E-state index is 2.56. The molecule has 9 rings (SSSR count). The maximum Gasteiger partial charge on any atom is 0.0540 e. The molecule has 7 aromatic rings. The van der Waals surface area contributed by atoms with E-state index in [1.165, 1.54) is 115 Å². The van der Waals surface area contributed by atoms with Crippen molar-refractivity contribution in [2.24, 2.45) is 0 Å². The molecule has 1 fully saturated rings. The fourth-order valence-electron chi connectivity index (χ4n) is 10.2. The Kier molecular flexibility index (Phi) is 9.50. The first kappa shape index (κ1) is 38.1. The number of benzene rings is 7. The molecular weight excluding hydrogens is 699 g/mol. The highest BCUT2D eigenvalue weighted by Gasteiger charge is 2.37. The molecule has 0 bridgehead atoms. The van der Waals surface area contributed by atoms with Crippen LogP contribution in [0.1, 0.15) is 121 Å². The molecule has 0 unspecified atom stereocenters. The van der Waals surface area contributed by atoms with Crippen LogP contribution in [0.2, 0.25) is 0 Å². The van der Waals surface area contributed by atoms with Gasteiger partial charge in [-0.25, -0.2) is 0 Å². The van der Waals surface area contributed by atoms with Crippen LogP contribution in [0.25, 0.3) is 44.2 Å². The van der Waals surface area contributed by atoms with E-state index in [0.29, 0.717) is 5.92 Å². The summed E-state index contributed by atoms with van der Waals surface area (Å²) in [5.41, 5.74) is 18.2. The van der Waals surface area contributed by atoms with Gasteiger partial charge in [0.05, 0.1) is 5.69 Å². The van der Waals surface area contributed by atoms with Gasteiger partial charge in [0.2, 0.25) is 0 Å². The Labute approximate surface area is 347 Å². The quantitative estimate of drug-likeness (QED) is 0.163. The van der Waals surface area contributed by atoms with Gasteiger partial charge in [0.1, 0.15) is 0 Å². The monoisotopic (exact) mass is 757 g/mol. The van der Waals surface area contributed by atoms with E-state index in [1.807, 2.05) is 0 Å². The maximum atomic E-state index is 2.56. The minimum Gasteiger partial charge on any atom is -0.310 e. The van der Waals surface area contributed by atoms with Crippen LogP contribution in [0.5, 0.6) is 0 Å². The third kappa shape index (κ3) is 6.67. The number of anilines is 3. The Hall–Kier alpha value is -5.40. The second-order valence-electron chi connectivity index (χ2n) is 19.7. The predicted molar refractivity (Wildman–Crippen MR) is 250 cm³/mol. The van der Waals surface area contributed by atoms with Crippen molar-refractivity contribution in [2.75, 3.05) is 4.90 Å². The van der Waals surface area contributed by atoms with Gasteiger partial charge in [-0.3, -0.25) is 0 Å². The van der Waals surface area contributed by atoms with E-state index in [2.05, 4.69) is 206 Å². The van der Waals surface area contributed by atoms with Gasteiger partial charge >= 0.3 is 0 Å². The Morgan fingerprint density at radius 3 is 1.81 bits per heavy atom. The average Bonchev–Trinajstić information content (AvgIpc) is 3.46. The minimum atomic E-state index is -0.113. The van der Waals surface area contributed by atoms with E-state index < -0.39 is 0 Å². The smallest absolute Gasteiger partial charge is 0.0540 e. The zero-order valence-electron chi connectivity index (χ0n) is 35.9. The van der Waals surface area contributed by atoms with Gasteiger partial charge in [0, 0.05) is 22.4 Å². The molecule has 0 saturated heterocycles. The fraction of sp³-hybridized carbons (Fsp3) is 0.298. The molecule has 0 aromatic heterocycles. The third-order valence-corrected chi connectivity index (χ3v) is 13.3. The van der Waals surface area contributed by atoms with E-state index in [0.717, 1.165) is 5.69 Å². The molecule has 1 heteroatoms. The lowest BCUT2D eigenvalue weighted by molar-refractivity contribution is 0.445. The molecule has 292 valence electrons. The number of nitrogens with zero attached hydrogens (tertiary/aromatic N) is 1. The van der Waals surface area contributed by atoms with Gasteiger partial charge in [0.25, 0.3) is 0 Å². The van der Waals surface area contributed by atoms with E-state index in [-0.39, 0.29) is 16.2 Å². The zero-order valence-corrected chi connectivity index (χ0v) is 35.9. The first-order chi connectivity index (χ1) is 27.8. The molecule has 0 aliphatic heterocycles. The van der Waals surface area contributed by atoms with Crippen LogP contribution in [0.15, 0.2) is 146 Å². The van der Waals surface area contributed by atoms with Crippen molar-refractivity contribution in [3.63, 3.8) is 0 Å². The fourth-order valence-corrected chi connectivity index (χ4v) is 10.2. The number of hydrogen-bond donors (Lipinski definition) is 0. The molecule has 1 saturated carbocycles. The summed E-state index contributed by atoms with van der Waals surface area (Å²) >= 11 is 0. The minimum absolute atomic E-state index is 0.0290. The molecular formula is C57H59N. The summed E-state index contributed by atoms with van der Waals surface area (Å²) < 4.78 is 0. The van der Waals surface area contributed by atoms with Crippen molar-refractivity contribution in [1.29, 1.82) is 0 Å². The number of para-hydroxylation sites is 1. The van der Waals surface area contributed by atoms with Crippen molar-refractivity contribution in [1.82, 2.24) is 0 Å². The summed E-state index contributed by atoms with van der Waals surface area (Å²) in [6.45, 7) is 18.8. The van der Waals surface area contributed by atoms with Crippen LogP contribution in [-0.4, -0.2) is 0 Å². The number of hydrogen-bond acceptors (Lipinski definition) is 1. The first-order valence-corrected chi connectivity index (χ1v) is 21.7. The van der Waals surface area contributed by atoms with Crippen molar-refractivity contribution < 1.29 is 0 Å². The first-order valence-electron chi connectivity index (χ1n) is 21.7. The summed E-state index contributed by atoms with van der Waals surface area (Å²) in [6.07, 6.45) is 6.53. The molecule has 0 amide bonds. The van der Waals surface area contributed by atoms with Gasteiger partial charge in [-0.05, 0) is 126 Å². The third-order valence-electron chi connectivity index (χ3n) is 13.3. The van der Waals surface area contributed by atoms with Gasteiger partial charge in [-0.1, -0.05) is 190 Å². The van der Waals surface area contributed by atoms with Gasteiger partial charge < -0.3 is 4.90 Å². The SMILES string of the molecule is CC(C)(C)c1cc(N(c2cccc(-c3cccc4c3C(C)(C)c3ccccc3-4)c2)c2ccccc2-c2cccc3cccc(C4CCCCC4)c23)cc(C(C)(C)C)c1. The molecule has 58 heavy (non-hydrogen) atoms. The summed E-state index contributed by atoms with van der Waals surface area (Å²) in [4.78, 5) is 2.56. The molecule has 0 heterocycles. The van der Waals surface area contributed by atoms with Crippen molar-refractivity contribution in [3.8, 4) is 33.4 Å². The Bertz CT molecular complexity index is 2620. The van der Waals surface area contributed by atoms with Crippen LogP contribution in [0, 0.1) is 0 Å². The normalized spacial score (nSPS) is 15.3. The average molecular weight is 758 g/mol. The molecule has 1 nitrogen and oxygen atoms in total. The molecule has 0 atom stereocenters. The van der Waals surface area contributed by atoms with Gasteiger partial charge in [0.15, 0.2) is 0 Å². The Morgan fingerprint density at radius 2 is 1.09 bits per heavy atom. The molecule has 0 spiro atoms. The topological polar surface area (TPSA) is 3.24 Å². The van der Waals surface area contributed by atoms with Crippen LogP contribution in [0.3, 0.4) is 0 Å². The lowest BCUT2D eigenvalue weighted by Gasteiger charge is -2.33. The van der Waals surface area contributed by atoms with Crippen LogP contribution in [-0.2, 0) is 16.2 Å². The molecule has 2 aliphatic rings. The van der Waals surface area contributed by atoms with E-state index in [4.69, 9.17) is 0 Å². The van der Waals surface area contributed by atoms with Crippen LogP contribution in [0.4, 0.5) is 17.1 Å². The van der Waals surface area contributed by atoms with Crippen LogP contribution < -0.4 is 4.90 Å². The highest BCUT2D eigenvalue weighted by atomic mass is 15.1.